The summed E-state index contributed by atoms with van der Waals surface area (Å²) in [5.74, 6) is -1.59. The zero-order valence-electron chi connectivity index (χ0n) is 7.22. The van der Waals surface area contributed by atoms with Crippen LogP contribution in [0.1, 0.15) is 6.92 Å². The Bertz CT molecular complexity index is 318. The highest BCUT2D eigenvalue weighted by Crippen LogP contribution is 2.24. The van der Waals surface area contributed by atoms with Gasteiger partial charge in [-0.2, -0.15) is 0 Å². The molecule has 2 atom stereocenters. The fourth-order valence-corrected chi connectivity index (χ4v) is 1.53. The van der Waals surface area contributed by atoms with Crippen LogP contribution in [0.5, 0.6) is 0 Å². The number of rotatable bonds is 0. The Hall–Kier alpha value is -1.03. The molecule has 0 radical (unpaired) electrons. The summed E-state index contributed by atoms with van der Waals surface area (Å²) in [6, 6.07) is -0.476. The fraction of sp³-hybridized carbons (Fsp3) is 0.444. The average Bonchev–Trinajstić information content (AvgIpc) is 2.08. The lowest BCUT2D eigenvalue weighted by molar-refractivity contribution is 0.476. The standard InChI is InChI=1S/C9H10F2N2/c1-5-4-12-8-2-6(10)7(11)3-9(8)13-5/h2-3,8-9,12H,4H2,1H3. The van der Waals surface area contributed by atoms with Gasteiger partial charge in [-0.1, -0.05) is 0 Å². The molecule has 2 rings (SSSR count). The number of aliphatic imine (C=N–C) groups is 1. The third-order valence-corrected chi connectivity index (χ3v) is 2.20. The molecule has 0 spiro atoms. The number of halogens is 2. The quantitative estimate of drug-likeness (QED) is 0.606. The maximum absolute atomic E-state index is 12.8. The molecule has 4 heteroatoms. The summed E-state index contributed by atoms with van der Waals surface area (Å²) in [7, 11) is 0. The molecule has 0 aromatic heterocycles. The highest BCUT2D eigenvalue weighted by molar-refractivity contribution is 5.85. The van der Waals surface area contributed by atoms with Crippen molar-refractivity contribution in [2.45, 2.75) is 19.0 Å². The zero-order chi connectivity index (χ0) is 9.42. The molecule has 1 aliphatic heterocycles. The summed E-state index contributed by atoms with van der Waals surface area (Å²) in [5.41, 5.74) is 0.918. The molecular weight excluding hydrogens is 174 g/mol. The van der Waals surface area contributed by atoms with Gasteiger partial charge in [-0.05, 0) is 19.1 Å². The Balaban J connectivity index is 2.30. The molecule has 2 unspecified atom stereocenters. The summed E-state index contributed by atoms with van der Waals surface area (Å²) >= 11 is 0. The van der Waals surface area contributed by atoms with Gasteiger partial charge in [0.2, 0.25) is 0 Å². The van der Waals surface area contributed by atoms with Crippen LogP contribution in [-0.4, -0.2) is 24.3 Å². The van der Waals surface area contributed by atoms with Crippen molar-refractivity contribution in [3.8, 4) is 0 Å². The van der Waals surface area contributed by atoms with Gasteiger partial charge in [0.1, 0.15) is 0 Å². The van der Waals surface area contributed by atoms with Crippen molar-refractivity contribution in [3.05, 3.63) is 23.8 Å². The molecule has 1 aliphatic carbocycles. The summed E-state index contributed by atoms with van der Waals surface area (Å²) in [6.45, 7) is 2.50. The Morgan fingerprint density at radius 1 is 1.38 bits per heavy atom. The van der Waals surface area contributed by atoms with Gasteiger partial charge in [-0.15, -0.1) is 0 Å². The second-order valence-electron chi connectivity index (χ2n) is 3.29. The van der Waals surface area contributed by atoms with Gasteiger partial charge in [0.05, 0.1) is 12.1 Å². The molecule has 0 saturated heterocycles. The van der Waals surface area contributed by atoms with Crippen LogP contribution in [-0.2, 0) is 0 Å². The van der Waals surface area contributed by atoms with E-state index in [2.05, 4.69) is 10.3 Å². The smallest absolute Gasteiger partial charge is 0.156 e. The number of allylic oxidation sites excluding steroid dienone is 2. The largest absolute Gasteiger partial charge is 0.303 e. The zero-order valence-corrected chi connectivity index (χ0v) is 7.22. The van der Waals surface area contributed by atoms with Crippen molar-refractivity contribution in [3.63, 3.8) is 0 Å². The van der Waals surface area contributed by atoms with Crippen molar-refractivity contribution in [1.29, 1.82) is 0 Å². The molecule has 0 aromatic rings. The van der Waals surface area contributed by atoms with Crippen LogP contribution in [0.3, 0.4) is 0 Å². The van der Waals surface area contributed by atoms with Crippen LogP contribution in [0.4, 0.5) is 8.78 Å². The summed E-state index contributed by atoms with van der Waals surface area (Å²) in [4.78, 5) is 4.22. The third-order valence-electron chi connectivity index (χ3n) is 2.20. The van der Waals surface area contributed by atoms with E-state index < -0.39 is 11.7 Å². The maximum Gasteiger partial charge on any atom is 0.156 e. The van der Waals surface area contributed by atoms with E-state index in [0.29, 0.717) is 6.54 Å². The van der Waals surface area contributed by atoms with Gasteiger partial charge >= 0.3 is 0 Å². The highest BCUT2D eigenvalue weighted by Gasteiger charge is 2.27. The van der Waals surface area contributed by atoms with Crippen LogP contribution >= 0.6 is 0 Å². The molecule has 0 saturated carbocycles. The van der Waals surface area contributed by atoms with Crippen molar-refractivity contribution in [1.82, 2.24) is 5.32 Å². The number of nitrogens with one attached hydrogen (secondary N) is 1. The van der Waals surface area contributed by atoms with Crippen LogP contribution in [0, 0.1) is 0 Å². The van der Waals surface area contributed by atoms with Gasteiger partial charge in [0.25, 0.3) is 0 Å². The van der Waals surface area contributed by atoms with E-state index in [1.54, 1.807) is 0 Å². The molecule has 1 heterocycles. The van der Waals surface area contributed by atoms with Crippen LogP contribution in [0.15, 0.2) is 28.8 Å². The topological polar surface area (TPSA) is 24.4 Å². The molecule has 0 amide bonds. The Morgan fingerprint density at radius 3 is 2.85 bits per heavy atom. The lowest BCUT2D eigenvalue weighted by Gasteiger charge is -2.28. The van der Waals surface area contributed by atoms with Crippen molar-refractivity contribution in [2.24, 2.45) is 4.99 Å². The number of hydrogen-bond donors (Lipinski definition) is 1. The molecule has 70 valence electrons. The highest BCUT2D eigenvalue weighted by atomic mass is 19.2. The molecular formula is C9H10F2N2. The molecule has 1 N–H and O–H groups in total. The molecule has 13 heavy (non-hydrogen) atoms. The number of nitrogens with zero attached hydrogens (tertiary/aromatic N) is 1. The number of hydrogen-bond acceptors (Lipinski definition) is 2. The minimum Gasteiger partial charge on any atom is -0.303 e. The van der Waals surface area contributed by atoms with Gasteiger partial charge < -0.3 is 5.32 Å². The minimum atomic E-state index is -0.804. The summed E-state index contributed by atoms with van der Waals surface area (Å²) in [5, 5.41) is 3.06. The molecule has 2 nitrogen and oxygen atoms in total. The third kappa shape index (κ3) is 1.54. The van der Waals surface area contributed by atoms with E-state index in [1.165, 1.54) is 12.2 Å². The lowest BCUT2D eigenvalue weighted by Crippen LogP contribution is -2.45. The van der Waals surface area contributed by atoms with Gasteiger partial charge in [0.15, 0.2) is 11.7 Å². The van der Waals surface area contributed by atoms with E-state index in [-0.39, 0.29) is 12.1 Å². The Kier molecular flexibility index (Phi) is 2.00. The SMILES string of the molecule is CC1=NC2C=C(F)C(F)=CC2NC1. The van der Waals surface area contributed by atoms with E-state index in [9.17, 15) is 8.78 Å². The fourth-order valence-electron chi connectivity index (χ4n) is 1.53. The molecule has 0 fully saturated rings. The first-order valence-corrected chi connectivity index (χ1v) is 4.18. The summed E-state index contributed by atoms with van der Waals surface area (Å²) in [6.07, 6.45) is 2.46. The minimum absolute atomic E-state index is 0.191. The van der Waals surface area contributed by atoms with Crippen molar-refractivity contribution >= 4 is 5.71 Å². The van der Waals surface area contributed by atoms with E-state index in [1.807, 2.05) is 6.92 Å². The Morgan fingerprint density at radius 2 is 2.08 bits per heavy atom. The van der Waals surface area contributed by atoms with Crippen LogP contribution in [0.25, 0.3) is 0 Å². The first-order valence-electron chi connectivity index (χ1n) is 4.18. The average molecular weight is 184 g/mol. The maximum atomic E-state index is 12.8. The first-order chi connectivity index (χ1) is 6.16. The second kappa shape index (κ2) is 3.03. The van der Waals surface area contributed by atoms with Gasteiger partial charge in [-0.3, -0.25) is 4.99 Å². The predicted molar refractivity (Wildman–Crippen MR) is 47.1 cm³/mol. The predicted octanol–water partition coefficient (Wildman–Crippen LogP) is 1.51. The molecule has 0 bridgehead atoms. The van der Waals surface area contributed by atoms with E-state index >= 15 is 0 Å². The normalized spacial score (nSPS) is 33.0. The van der Waals surface area contributed by atoms with Crippen LogP contribution < -0.4 is 5.32 Å². The monoisotopic (exact) mass is 184 g/mol. The molecule has 0 aromatic carbocycles. The molecule has 2 aliphatic rings. The number of fused-ring (bicyclic) bond motifs is 1. The van der Waals surface area contributed by atoms with Gasteiger partial charge in [0, 0.05) is 12.3 Å². The lowest BCUT2D eigenvalue weighted by atomic mass is 10.00. The van der Waals surface area contributed by atoms with Crippen molar-refractivity contribution < 1.29 is 8.78 Å². The van der Waals surface area contributed by atoms with E-state index in [4.69, 9.17) is 0 Å². The van der Waals surface area contributed by atoms with Gasteiger partial charge in [-0.25, -0.2) is 8.78 Å². The van der Waals surface area contributed by atoms with Crippen molar-refractivity contribution in [2.75, 3.05) is 6.54 Å². The van der Waals surface area contributed by atoms with Crippen LogP contribution in [0.2, 0.25) is 0 Å². The summed E-state index contributed by atoms with van der Waals surface area (Å²) < 4.78 is 25.6. The first kappa shape index (κ1) is 8.56. The van der Waals surface area contributed by atoms with E-state index in [0.717, 1.165) is 5.71 Å². The second-order valence-corrected chi connectivity index (χ2v) is 3.29. The Labute approximate surface area is 75.0 Å².